The maximum absolute atomic E-state index is 14.0. The van der Waals surface area contributed by atoms with Crippen LogP contribution < -0.4 is 4.90 Å². The Bertz CT molecular complexity index is 1630. The van der Waals surface area contributed by atoms with Gasteiger partial charge in [-0.25, -0.2) is 4.39 Å². The van der Waals surface area contributed by atoms with Crippen molar-refractivity contribution in [1.29, 1.82) is 0 Å². The number of furan rings is 1. The van der Waals surface area contributed by atoms with Gasteiger partial charge in [0.2, 0.25) is 5.78 Å². The van der Waals surface area contributed by atoms with Gasteiger partial charge in [0, 0.05) is 21.6 Å². The van der Waals surface area contributed by atoms with E-state index in [0.29, 0.717) is 11.0 Å². The topological polar surface area (TPSA) is 134 Å². The van der Waals surface area contributed by atoms with Crippen molar-refractivity contribution >= 4 is 50.0 Å². The van der Waals surface area contributed by atoms with Crippen LogP contribution in [0.25, 0.3) is 11.0 Å². The third-order valence-corrected chi connectivity index (χ3v) is 6.25. The first-order chi connectivity index (χ1) is 17.2. The number of amides is 1. The van der Waals surface area contributed by atoms with E-state index in [1.54, 1.807) is 18.2 Å². The number of Topliss-reactive ketones (excluding diaryl/α,β-unsaturated/α-hetero) is 1. The van der Waals surface area contributed by atoms with Gasteiger partial charge in [-0.2, -0.15) is 0 Å². The number of nitrogens with zero attached hydrogens (tertiary/aromatic N) is 2. The van der Waals surface area contributed by atoms with E-state index in [9.17, 15) is 34.3 Å². The van der Waals surface area contributed by atoms with Crippen LogP contribution in [0.15, 0.2) is 87.0 Å². The van der Waals surface area contributed by atoms with Crippen molar-refractivity contribution in [2.45, 2.75) is 6.04 Å². The van der Waals surface area contributed by atoms with Crippen molar-refractivity contribution in [3.05, 3.63) is 110 Å². The number of nitro groups is 1. The van der Waals surface area contributed by atoms with E-state index in [0.717, 1.165) is 33.6 Å². The Balaban J connectivity index is 1.70. The van der Waals surface area contributed by atoms with Gasteiger partial charge in [-0.05, 0) is 54.1 Å². The number of nitro benzene ring substituents is 1. The number of aliphatic hydroxyl groups is 1. The highest BCUT2D eigenvalue weighted by Crippen LogP contribution is 2.44. The quantitative estimate of drug-likeness (QED) is 0.183. The van der Waals surface area contributed by atoms with Crippen molar-refractivity contribution < 1.29 is 33.5 Å². The third kappa shape index (κ3) is 3.79. The highest BCUT2D eigenvalue weighted by Gasteiger charge is 2.46. The minimum Gasteiger partial charge on any atom is -0.503 e. The molecule has 1 amide bonds. The maximum atomic E-state index is 14.0. The fraction of sp³-hybridized carbons (Fsp3) is 0.0400. The molecule has 0 saturated carbocycles. The number of hydrogen-bond donors (Lipinski definition) is 2. The number of carbonyl (C=O) groups excluding carboxylic acids is 2. The average Bonchev–Trinajstić information content (AvgIpc) is 3.37. The molecule has 4 aromatic rings. The van der Waals surface area contributed by atoms with E-state index < -0.39 is 51.2 Å². The zero-order chi connectivity index (χ0) is 25.7. The molecule has 1 atom stereocenters. The lowest BCUT2D eigenvalue weighted by Crippen LogP contribution is -2.31. The summed E-state index contributed by atoms with van der Waals surface area (Å²) in [5, 5.41) is 32.7. The van der Waals surface area contributed by atoms with Crippen LogP contribution in [-0.4, -0.2) is 26.8 Å². The molecule has 180 valence electrons. The number of hydrogen-bond acceptors (Lipinski definition) is 7. The molecule has 9 nitrogen and oxygen atoms in total. The Morgan fingerprint density at radius 1 is 1.08 bits per heavy atom. The summed E-state index contributed by atoms with van der Waals surface area (Å²) in [4.78, 5) is 38.4. The minimum atomic E-state index is -1.38. The molecule has 0 saturated heterocycles. The van der Waals surface area contributed by atoms with Gasteiger partial charge in [-0.3, -0.25) is 24.6 Å². The van der Waals surface area contributed by atoms with E-state index in [-0.39, 0.29) is 17.0 Å². The molecule has 0 radical (unpaired) electrons. The Labute approximate surface area is 210 Å². The predicted octanol–water partition coefficient (Wildman–Crippen LogP) is 5.73. The van der Waals surface area contributed by atoms with Gasteiger partial charge < -0.3 is 14.6 Å². The number of aliphatic hydroxyl groups excluding tert-OH is 1. The smallest absolute Gasteiger partial charge is 0.311 e. The summed E-state index contributed by atoms with van der Waals surface area (Å²) in [6.07, 6.45) is 0. The van der Waals surface area contributed by atoms with Crippen LogP contribution in [0.4, 0.5) is 15.8 Å². The summed E-state index contributed by atoms with van der Waals surface area (Å²) in [6.45, 7) is 0. The molecule has 1 aromatic heterocycles. The molecule has 0 fully saturated rings. The molecule has 2 heterocycles. The number of benzene rings is 3. The first-order valence-electron chi connectivity index (χ1n) is 10.4. The van der Waals surface area contributed by atoms with Crippen LogP contribution in [0.3, 0.4) is 0 Å². The number of halogens is 2. The summed E-state index contributed by atoms with van der Waals surface area (Å²) in [5.74, 6) is -4.26. The minimum absolute atomic E-state index is 0.00335. The second-order valence-corrected chi connectivity index (χ2v) is 8.86. The molecule has 0 bridgehead atoms. The molecule has 0 aliphatic carbocycles. The van der Waals surface area contributed by atoms with Crippen molar-refractivity contribution in [2.75, 3.05) is 4.90 Å². The first kappa shape index (κ1) is 23.2. The molecular weight excluding hydrogens is 539 g/mol. The standard InChI is InChI=1S/C25H14BrFN2O7/c26-14-5-7-19-13(8-14)10-20(36-19)23(31)21-22(12-4-6-18(30)17(9-12)29(34)35)28(25(33)24(21)32)16-3-1-2-15(27)11-16/h1-11,22,30,32H. The van der Waals surface area contributed by atoms with Crippen molar-refractivity contribution in [1.82, 2.24) is 0 Å². The number of aromatic hydroxyl groups is 1. The van der Waals surface area contributed by atoms with Crippen molar-refractivity contribution in [2.24, 2.45) is 0 Å². The summed E-state index contributed by atoms with van der Waals surface area (Å²) < 4.78 is 20.4. The van der Waals surface area contributed by atoms with Crippen molar-refractivity contribution in [3.8, 4) is 5.75 Å². The first-order valence-corrected chi connectivity index (χ1v) is 11.2. The molecule has 0 spiro atoms. The Hall–Kier alpha value is -4.51. The zero-order valence-electron chi connectivity index (χ0n) is 18.0. The Kier molecular flexibility index (Phi) is 5.56. The number of rotatable bonds is 5. The molecule has 3 aromatic carbocycles. The van der Waals surface area contributed by atoms with E-state index in [1.165, 1.54) is 24.3 Å². The van der Waals surface area contributed by atoms with E-state index in [4.69, 9.17) is 4.42 Å². The molecule has 36 heavy (non-hydrogen) atoms. The van der Waals surface area contributed by atoms with Gasteiger partial charge in [0.05, 0.1) is 16.5 Å². The maximum Gasteiger partial charge on any atom is 0.311 e. The van der Waals surface area contributed by atoms with Gasteiger partial charge in [0.15, 0.2) is 17.3 Å². The number of phenolic OH excluding ortho intramolecular Hbond substituents is 1. The summed E-state index contributed by atoms with van der Waals surface area (Å²) >= 11 is 3.33. The number of phenols is 1. The third-order valence-electron chi connectivity index (χ3n) is 5.75. The lowest BCUT2D eigenvalue weighted by molar-refractivity contribution is -0.385. The van der Waals surface area contributed by atoms with Crippen LogP contribution in [0.2, 0.25) is 0 Å². The fourth-order valence-corrected chi connectivity index (χ4v) is 4.54. The molecule has 2 N–H and O–H groups in total. The van der Waals surface area contributed by atoms with Crippen LogP contribution in [0, 0.1) is 15.9 Å². The number of fused-ring (bicyclic) bond motifs is 1. The highest BCUT2D eigenvalue weighted by atomic mass is 79.9. The highest BCUT2D eigenvalue weighted by molar-refractivity contribution is 9.10. The summed E-state index contributed by atoms with van der Waals surface area (Å²) in [7, 11) is 0. The molecular formula is C25H14BrFN2O7. The Morgan fingerprint density at radius 2 is 1.86 bits per heavy atom. The van der Waals surface area contributed by atoms with Crippen molar-refractivity contribution in [3.63, 3.8) is 0 Å². The molecule has 1 aliphatic heterocycles. The number of carbonyl (C=O) groups is 2. The summed E-state index contributed by atoms with van der Waals surface area (Å²) in [6, 6.07) is 13.3. The summed E-state index contributed by atoms with van der Waals surface area (Å²) in [5.41, 5.74) is -0.676. The van der Waals surface area contributed by atoms with E-state index in [2.05, 4.69) is 15.9 Å². The van der Waals surface area contributed by atoms with Gasteiger partial charge in [-0.15, -0.1) is 0 Å². The number of anilines is 1. The van der Waals surface area contributed by atoms with Crippen LogP contribution in [0.1, 0.15) is 22.2 Å². The number of ketones is 1. The van der Waals surface area contributed by atoms with Gasteiger partial charge in [0.1, 0.15) is 11.4 Å². The lowest BCUT2D eigenvalue weighted by atomic mass is 9.94. The fourth-order valence-electron chi connectivity index (χ4n) is 4.16. The van der Waals surface area contributed by atoms with Gasteiger partial charge in [-0.1, -0.05) is 28.1 Å². The normalized spacial score (nSPS) is 15.7. The van der Waals surface area contributed by atoms with Gasteiger partial charge >= 0.3 is 5.69 Å². The van der Waals surface area contributed by atoms with E-state index in [1.807, 2.05) is 0 Å². The molecule has 5 rings (SSSR count). The van der Waals surface area contributed by atoms with Crippen LogP contribution in [0.5, 0.6) is 5.75 Å². The van der Waals surface area contributed by atoms with Crippen LogP contribution in [-0.2, 0) is 4.79 Å². The molecule has 11 heteroatoms. The van der Waals surface area contributed by atoms with Crippen LogP contribution >= 0.6 is 15.9 Å². The molecule has 1 unspecified atom stereocenters. The molecule has 1 aliphatic rings. The van der Waals surface area contributed by atoms with E-state index >= 15 is 0 Å². The Morgan fingerprint density at radius 3 is 2.58 bits per heavy atom. The second-order valence-electron chi connectivity index (χ2n) is 7.95. The SMILES string of the molecule is O=C(C1=C(O)C(=O)N(c2cccc(F)c2)C1c1ccc(O)c([N+](=O)[O-])c1)c1cc2cc(Br)ccc2o1. The average molecular weight is 553 g/mol. The lowest BCUT2D eigenvalue weighted by Gasteiger charge is -2.26. The second kappa shape index (κ2) is 8.61. The largest absolute Gasteiger partial charge is 0.503 e. The predicted molar refractivity (Wildman–Crippen MR) is 129 cm³/mol. The zero-order valence-corrected chi connectivity index (χ0v) is 19.6. The van der Waals surface area contributed by atoms with Gasteiger partial charge in [0.25, 0.3) is 5.91 Å². The monoisotopic (exact) mass is 552 g/mol.